The van der Waals surface area contributed by atoms with Crippen molar-refractivity contribution >= 4 is 41.2 Å². The summed E-state index contributed by atoms with van der Waals surface area (Å²) in [5, 5.41) is 16.0. The van der Waals surface area contributed by atoms with Crippen molar-refractivity contribution in [3.8, 4) is 23.0 Å². The quantitative estimate of drug-likeness (QED) is 0.0643. The number of rotatable bonds is 17. The third-order valence-electron chi connectivity index (χ3n) is 11.2. The first-order chi connectivity index (χ1) is 29.7. The second kappa shape index (κ2) is 24.3. The Morgan fingerprint density at radius 3 is 1.53 bits per heavy atom. The predicted octanol–water partition coefficient (Wildman–Crippen LogP) is 8.27. The van der Waals surface area contributed by atoms with E-state index in [0.717, 1.165) is 115 Å². The highest BCUT2D eigenvalue weighted by Gasteiger charge is 2.27. The minimum atomic E-state index is 0. The van der Waals surface area contributed by atoms with Gasteiger partial charge in [-0.3, -0.25) is 0 Å². The molecule has 4 fully saturated rings. The summed E-state index contributed by atoms with van der Waals surface area (Å²) >= 11 is 0. The van der Waals surface area contributed by atoms with Gasteiger partial charge in [0.1, 0.15) is 17.9 Å². The average Bonchev–Trinajstić information content (AvgIpc) is 4.23. The number of aryl methyl sites for hydroxylation is 2. The second-order valence-corrected chi connectivity index (χ2v) is 16.4. The lowest BCUT2D eigenvalue weighted by Crippen LogP contribution is -2.36. The molecule has 2 saturated heterocycles. The van der Waals surface area contributed by atoms with E-state index in [1.54, 1.807) is 14.2 Å². The van der Waals surface area contributed by atoms with E-state index in [2.05, 4.69) is 51.4 Å². The predicted molar refractivity (Wildman–Crippen MR) is 249 cm³/mol. The summed E-state index contributed by atoms with van der Waals surface area (Å²) in [6.45, 7) is 11.1. The zero-order chi connectivity index (χ0) is 43.0. The maximum atomic E-state index is 9.57. The fraction of sp³-hybridized carbons (Fsp3) is 0.553. The Labute approximate surface area is 368 Å². The monoisotopic (exact) mass is 855 g/mol. The van der Waals surface area contributed by atoms with Gasteiger partial charge in [-0.2, -0.15) is 9.97 Å². The molecule has 4 heterocycles. The van der Waals surface area contributed by atoms with Crippen LogP contribution in [0.4, 0.5) is 34.9 Å². The zero-order valence-electron chi connectivity index (χ0n) is 36.9. The van der Waals surface area contributed by atoms with Gasteiger partial charge in [0, 0.05) is 73.6 Å². The van der Waals surface area contributed by atoms with Crippen molar-refractivity contribution in [2.75, 3.05) is 95.5 Å². The molecule has 2 aromatic carbocycles. The molecule has 15 heteroatoms. The zero-order valence-corrected chi connectivity index (χ0v) is 36.9. The molecule has 0 atom stereocenters. The largest absolute Gasteiger partial charge is 0.493 e. The van der Waals surface area contributed by atoms with Gasteiger partial charge in [0.15, 0.2) is 23.0 Å². The summed E-state index contributed by atoms with van der Waals surface area (Å²) in [6.07, 6.45) is 10.9. The molecule has 0 radical (unpaired) electrons. The van der Waals surface area contributed by atoms with Crippen LogP contribution in [0.25, 0.3) is 0 Å². The first-order valence-electron chi connectivity index (χ1n) is 21.8. The number of aromatic nitrogens is 4. The highest BCUT2D eigenvalue weighted by molar-refractivity contribution is 5.62. The Kier molecular flexibility index (Phi) is 18.7. The average molecular weight is 855 g/mol. The highest BCUT2D eigenvalue weighted by atomic mass is 16.5. The normalized spacial score (nSPS) is 16.5. The van der Waals surface area contributed by atoms with Crippen molar-refractivity contribution in [1.29, 1.82) is 0 Å². The number of methoxy groups -OCH3 is 2. The van der Waals surface area contributed by atoms with E-state index in [9.17, 15) is 4.79 Å². The van der Waals surface area contributed by atoms with Crippen molar-refractivity contribution in [2.24, 2.45) is 23.7 Å². The summed E-state index contributed by atoms with van der Waals surface area (Å²) in [5.74, 6) is 8.21. The van der Waals surface area contributed by atoms with Crippen molar-refractivity contribution in [2.45, 2.75) is 72.6 Å². The number of benzene rings is 2. The van der Waals surface area contributed by atoms with Crippen LogP contribution in [0.15, 0.2) is 48.5 Å². The molecule has 5 N–H and O–H groups in total. The van der Waals surface area contributed by atoms with E-state index in [-0.39, 0.29) is 7.43 Å². The van der Waals surface area contributed by atoms with Crippen LogP contribution in [0.1, 0.15) is 70.2 Å². The smallest absolute Gasteiger partial charge is 0.229 e. The molecule has 0 unspecified atom stereocenters. The molecule has 2 aromatic heterocycles. The van der Waals surface area contributed by atoms with Crippen molar-refractivity contribution in [3.05, 3.63) is 59.9 Å². The molecule has 2 saturated carbocycles. The number of carbonyl (C=O) groups is 1. The standard InChI is InChI=1S/C23H33N5O2.C19H27N5O2.C4H6O.CH4/c1-16-12-22(24-2)27-23(25-16)26-19-6-7-20(29-3)21(13-19)30-15-18-8-10-28(11-9-18)14-17-4-5-17;1-13-10-18(20-2)24-19(22-13)23-15-4-5-16(25-3)17(11-15)26-12-14-6-8-21-9-7-14;5-3-4-1-2-4;/h6-7,12-13,17-18H,4-5,8-11,14-15H2,1-3H3,(H2,24,25,26,27);4-5,10-11,14,21H,6-9,12H2,1-3H3,(H2,20,22,23,24);3-4H,1-2H2;1H4. The molecule has 62 heavy (non-hydrogen) atoms. The summed E-state index contributed by atoms with van der Waals surface area (Å²) in [5.41, 5.74) is 3.52. The third-order valence-corrected chi connectivity index (χ3v) is 11.2. The van der Waals surface area contributed by atoms with Gasteiger partial charge in [0.2, 0.25) is 11.9 Å². The van der Waals surface area contributed by atoms with Gasteiger partial charge in [0.05, 0.1) is 27.4 Å². The topological polar surface area (TPSA) is 169 Å². The number of ether oxygens (including phenoxy) is 4. The van der Waals surface area contributed by atoms with Crippen LogP contribution in [0.3, 0.4) is 0 Å². The summed E-state index contributed by atoms with van der Waals surface area (Å²) in [6, 6.07) is 15.4. The molecule has 338 valence electrons. The lowest BCUT2D eigenvalue weighted by atomic mass is 9.97. The minimum absolute atomic E-state index is 0. The molecule has 15 nitrogen and oxygen atoms in total. The number of carbonyl (C=O) groups excluding carboxylic acids is 1. The molecule has 4 aromatic rings. The van der Waals surface area contributed by atoms with Gasteiger partial charge in [0.25, 0.3) is 0 Å². The molecular weight excluding hydrogens is 785 g/mol. The van der Waals surface area contributed by atoms with Crippen LogP contribution in [0.5, 0.6) is 23.0 Å². The first-order valence-corrected chi connectivity index (χ1v) is 21.8. The highest BCUT2D eigenvalue weighted by Crippen LogP contribution is 2.35. The molecule has 0 amide bonds. The maximum Gasteiger partial charge on any atom is 0.229 e. The molecular formula is C47H70N10O5. The number of nitrogens with zero attached hydrogens (tertiary/aromatic N) is 5. The number of hydrogen-bond donors (Lipinski definition) is 5. The molecule has 4 aliphatic rings. The van der Waals surface area contributed by atoms with Crippen LogP contribution in [-0.2, 0) is 4.79 Å². The van der Waals surface area contributed by atoms with Gasteiger partial charge in [-0.25, -0.2) is 9.97 Å². The van der Waals surface area contributed by atoms with E-state index < -0.39 is 0 Å². The Bertz CT molecular complexity index is 1980. The van der Waals surface area contributed by atoms with Crippen molar-refractivity contribution < 1.29 is 23.7 Å². The Hall–Kier alpha value is -5.41. The Morgan fingerprint density at radius 2 is 1.13 bits per heavy atom. The SMILES string of the molecule is C.CNc1cc(C)nc(Nc2ccc(OC)c(OCC3CCN(CC4CC4)CC3)c2)n1.CNc1cc(C)nc(Nc2ccc(OC)c(OCC3CCNCC3)c2)n1.O=CC1CC1. The fourth-order valence-corrected chi connectivity index (χ4v) is 7.19. The van der Waals surface area contributed by atoms with E-state index in [4.69, 9.17) is 18.9 Å². The summed E-state index contributed by atoms with van der Waals surface area (Å²) in [7, 11) is 7.02. The van der Waals surface area contributed by atoms with Gasteiger partial charge in [-0.05, 0) is 133 Å². The summed E-state index contributed by atoms with van der Waals surface area (Å²) < 4.78 is 23.2. The van der Waals surface area contributed by atoms with Crippen LogP contribution < -0.4 is 45.5 Å². The van der Waals surface area contributed by atoms with Gasteiger partial charge < -0.3 is 55.2 Å². The lowest BCUT2D eigenvalue weighted by Gasteiger charge is -2.31. The Balaban J connectivity index is 0.000000209. The number of aldehydes is 1. The van der Waals surface area contributed by atoms with Crippen LogP contribution in [0.2, 0.25) is 0 Å². The second-order valence-electron chi connectivity index (χ2n) is 16.4. The minimum Gasteiger partial charge on any atom is -0.493 e. The molecule has 0 bridgehead atoms. The maximum absolute atomic E-state index is 9.57. The Morgan fingerprint density at radius 1 is 0.645 bits per heavy atom. The lowest BCUT2D eigenvalue weighted by molar-refractivity contribution is -0.108. The molecule has 0 spiro atoms. The van der Waals surface area contributed by atoms with Gasteiger partial charge in [-0.1, -0.05) is 7.43 Å². The molecule has 2 aliphatic carbocycles. The number of likely N-dealkylation sites (tertiary alicyclic amines) is 1. The van der Waals surface area contributed by atoms with Crippen LogP contribution in [0, 0.1) is 37.5 Å². The van der Waals surface area contributed by atoms with Gasteiger partial charge in [-0.15, -0.1) is 0 Å². The number of anilines is 6. The number of nitrogens with one attached hydrogen (secondary N) is 5. The summed E-state index contributed by atoms with van der Waals surface area (Å²) in [4.78, 5) is 30.0. The van der Waals surface area contributed by atoms with E-state index in [0.29, 0.717) is 36.3 Å². The van der Waals surface area contributed by atoms with Gasteiger partial charge >= 0.3 is 0 Å². The van der Waals surface area contributed by atoms with E-state index >= 15 is 0 Å². The number of piperidine rings is 2. The van der Waals surface area contributed by atoms with Crippen LogP contribution in [-0.4, -0.2) is 105 Å². The molecule has 2 aliphatic heterocycles. The first kappa shape index (κ1) is 47.6. The third kappa shape index (κ3) is 15.5. The van der Waals surface area contributed by atoms with E-state index in [1.807, 2.05) is 76.5 Å². The molecule has 8 rings (SSSR count). The fourth-order valence-electron chi connectivity index (χ4n) is 7.19. The van der Waals surface area contributed by atoms with Crippen molar-refractivity contribution in [1.82, 2.24) is 30.2 Å². The van der Waals surface area contributed by atoms with Crippen molar-refractivity contribution in [3.63, 3.8) is 0 Å². The van der Waals surface area contributed by atoms with E-state index in [1.165, 1.54) is 45.3 Å². The van der Waals surface area contributed by atoms with Crippen LogP contribution >= 0.6 is 0 Å². The number of hydrogen-bond acceptors (Lipinski definition) is 15.